The molecule has 0 saturated carbocycles. The molecule has 0 bridgehead atoms. The highest BCUT2D eigenvalue weighted by Gasteiger charge is 2.13. The number of nitrogens with two attached hydrogens (primary N) is 1. The van der Waals surface area contributed by atoms with Crippen LogP contribution in [0.2, 0.25) is 0 Å². The van der Waals surface area contributed by atoms with Crippen molar-refractivity contribution in [1.82, 2.24) is 4.98 Å². The Morgan fingerprint density at radius 2 is 2.25 bits per heavy atom. The van der Waals surface area contributed by atoms with Crippen LogP contribution in [-0.2, 0) is 0 Å². The molecule has 1 heterocycles. The highest BCUT2D eigenvalue weighted by Crippen LogP contribution is 2.32. The van der Waals surface area contributed by atoms with Gasteiger partial charge in [0, 0.05) is 7.05 Å². The molecule has 0 aliphatic rings. The summed E-state index contributed by atoms with van der Waals surface area (Å²) in [6.07, 6.45) is -2.38. The van der Waals surface area contributed by atoms with Crippen molar-refractivity contribution in [2.75, 3.05) is 24.2 Å². The van der Waals surface area contributed by atoms with Crippen molar-refractivity contribution in [1.29, 1.82) is 0 Å². The van der Waals surface area contributed by atoms with Crippen LogP contribution in [-0.4, -0.2) is 25.0 Å². The van der Waals surface area contributed by atoms with Crippen molar-refractivity contribution < 1.29 is 8.78 Å². The topological polar surface area (TPSA) is 42.2 Å². The molecule has 0 saturated heterocycles. The van der Waals surface area contributed by atoms with E-state index >= 15 is 0 Å². The van der Waals surface area contributed by atoms with E-state index in [1.165, 1.54) is 16.2 Å². The highest BCUT2D eigenvalue weighted by molar-refractivity contribution is 7.16. The molecule has 0 amide bonds. The maximum atomic E-state index is 12.3. The summed E-state index contributed by atoms with van der Waals surface area (Å²) < 4.78 is 25.5. The zero-order chi connectivity index (χ0) is 11.7. The lowest BCUT2D eigenvalue weighted by Gasteiger charge is -2.20. The smallest absolute Gasteiger partial charge is 0.255 e. The number of halogens is 2. The lowest BCUT2D eigenvalue weighted by Crippen LogP contribution is -2.24. The van der Waals surface area contributed by atoms with Gasteiger partial charge in [0.1, 0.15) is 5.52 Å². The molecule has 16 heavy (non-hydrogen) atoms. The van der Waals surface area contributed by atoms with Crippen LogP contribution in [0.4, 0.5) is 20.2 Å². The molecule has 0 aliphatic heterocycles. The van der Waals surface area contributed by atoms with Gasteiger partial charge in [-0.25, -0.2) is 13.8 Å². The Morgan fingerprint density at radius 3 is 2.94 bits per heavy atom. The van der Waals surface area contributed by atoms with E-state index in [9.17, 15) is 8.78 Å². The Morgan fingerprint density at radius 1 is 1.50 bits per heavy atom. The molecular formula is C10H11F2N3S. The lowest BCUT2D eigenvalue weighted by molar-refractivity contribution is 0.156. The molecule has 86 valence electrons. The van der Waals surface area contributed by atoms with E-state index in [0.717, 1.165) is 4.70 Å². The third-order valence-electron chi connectivity index (χ3n) is 2.34. The molecule has 2 rings (SSSR count). The fourth-order valence-electron chi connectivity index (χ4n) is 1.58. The molecule has 2 N–H and O–H groups in total. The summed E-state index contributed by atoms with van der Waals surface area (Å²) in [5.41, 5.74) is 9.33. The minimum absolute atomic E-state index is 0.333. The number of alkyl halides is 2. The van der Waals surface area contributed by atoms with Gasteiger partial charge in [-0.3, -0.25) is 0 Å². The summed E-state index contributed by atoms with van der Waals surface area (Å²) in [4.78, 5) is 5.56. The zero-order valence-electron chi connectivity index (χ0n) is 8.65. The fourth-order valence-corrected chi connectivity index (χ4v) is 2.27. The average Bonchev–Trinajstić information content (AvgIpc) is 2.65. The number of hydrogen-bond donors (Lipinski definition) is 1. The van der Waals surface area contributed by atoms with Crippen LogP contribution in [0.1, 0.15) is 0 Å². The van der Waals surface area contributed by atoms with Crippen molar-refractivity contribution in [3.05, 3.63) is 17.6 Å². The van der Waals surface area contributed by atoms with Crippen molar-refractivity contribution in [3.63, 3.8) is 0 Å². The van der Waals surface area contributed by atoms with E-state index in [-0.39, 0.29) is 6.54 Å². The number of thiazole rings is 1. The molecule has 3 nitrogen and oxygen atoms in total. The van der Waals surface area contributed by atoms with Crippen LogP contribution in [0.5, 0.6) is 0 Å². The molecule has 0 unspecified atom stereocenters. The van der Waals surface area contributed by atoms with Crippen LogP contribution in [0.25, 0.3) is 10.2 Å². The van der Waals surface area contributed by atoms with Gasteiger partial charge in [-0.2, -0.15) is 0 Å². The first kappa shape index (κ1) is 11.1. The maximum absolute atomic E-state index is 12.3. The monoisotopic (exact) mass is 243 g/mol. The third-order valence-corrected chi connectivity index (χ3v) is 3.14. The standard InChI is InChI=1S/C10H11F2N3S/c1-15(4-8(11)12)6-2-3-7-10(9(6)13)14-5-16-7/h2-3,5,8H,4,13H2,1H3. The number of nitrogen functional groups attached to an aromatic ring is 1. The Balaban J connectivity index is 2.40. The average molecular weight is 243 g/mol. The zero-order valence-corrected chi connectivity index (χ0v) is 9.47. The molecule has 0 aliphatic carbocycles. The highest BCUT2D eigenvalue weighted by atomic mass is 32.1. The number of nitrogens with zero attached hydrogens (tertiary/aromatic N) is 2. The van der Waals surface area contributed by atoms with Crippen molar-refractivity contribution >= 4 is 32.9 Å². The summed E-state index contributed by atoms with van der Waals surface area (Å²) in [5.74, 6) is 0. The van der Waals surface area contributed by atoms with Gasteiger partial charge in [-0.05, 0) is 12.1 Å². The van der Waals surface area contributed by atoms with Crippen LogP contribution in [0, 0.1) is 0 Å². The van der Waals surface area contributed by atoms with Crippen molar-refractivity contribution in [2.24, 2.45) is 0 Å². The molecule has 0 atom stereocenters. The molecule has 2 aromatic rings. The van der Waals surface area contributed by atoms with Gasteiger partial charge in [-0.1, -0.05) is 0 Å². The van der Waals surface area contributed by atoms with Gasteiger partial charge in [-0.15, -0.1) is 11.3 Å². The second kappa shape index (κ2) is 4.21. The number of hydrogen-bond acceptors (Lipinski definition) is 4. The van der Waals surface area contributed by atoms with Gasteiger partial charge >= 0.3 is 0 Å². The van der Waals surface area contributed by atoms with E-state index in [0.29, 0.717) is 16.9 Å². The summed E-state index contributed by atoms with van der Waals surface area (Å²) in [5, 5.41) is 0. The predicted molar refractivity (Wildman–Crippen MR) is 63.3 cm³/mol. The van der Waals surface area contributed by atoms with Crippen LogP contribution >= 0.6 is 11.3 Å². The number of fused-ring (bicyclic) bond motifs is 1. The normalized spacial score (nSPS) is 11.2. The minimum Gasteiger partial charge on any atom is -0.395 e. The Kier molecular flexibility index (Phi) is 2.91. The number of anilines is 2. The quantitative estimate of drug-likeness (QED) is 0.842. The summed E-state index contributed by atoms with van der Waals surface area (Å²) in [7, 11) is 1.59. The molecule has 0 spiro atoms. The van der Waals surface area contributed by atoms with Crippen LogP contribution in [0.3, 0.4) is 0 Å². The number of benzene rings is 1. The predicted octanol–water partition coefficient (Wildman–Crippen LogP) is 2.58. The number of rotatable bonds is 3. The van der Waals surface area contributed by atoms with Gasteiger partial charge < -0.3 is 10.6 Å². The van der Waals surface area contributed by atoms with Gasteiger partial charge in [0.25, 0.3) is 6.43 Å². The minimum atomic E-state index is -2.38. The molecule has 6 heteroatoms. The second-order valence-electron chi connectivity index (χ2n) is 3.47. The van der Waals surface area contributed by atoms with Crippen LogP contribution in [0.15, 0.2) is 17.6 Å². The van der Waals surface area contributed by atoms with Gasteiger partial charge in [0.15, 0.2) is 0 Å². The van der Waals surface area contributed by atoms with Crippen LogP contribution < -0.4 is 10.6 Å². The summed E-state index contributed by atoms with van der Waals surface area (Å²) >= 11 is 1.48. The van der Waals surface area contributed by atoms with Crippen molar-refractivity contribution in [2.45, 2.75) is 6.43 Å². The summed E-state index contributed by atoms with van der Waals surface area (Å²) in [6, 6.07) is 3.60. The molecule has 0 fully saturated rings. The lowest BCUT2D eigenvalue weighted by atomic mass is 10.2. The molecule has 1 aromatic carbocycles. The van der Waals surface area contributed by atoms with E-state index in [4.69, 9.17) is 5.73 Å². The molecule has 1 aromatic heterocycles. The molecule has 0 radical (unpaired) electrons. The SMILES string of the molecule is CN(CC(F)F)c1ccc2scnc2c1N. The first-order chi connectivity index (χ1) is 7.59. The third kappa shape index (κ3) is 1.92. The first-order valence-electron chi connectivity index (χ1n) is 4.70. The second-order valence-corrected chi connectivity index (χ2v) is 4.36. The maximum Gasteiger partial charge on any atom is 0.255 e. The fraction of sp³-hybridized carbons (Fsp3) is 0.300. The van der Waals surface area contributed by atoms with E-state index in [1.807, 2.05) is 6.07 Å². The Hall–Kier alpha value is -1.43. The van der Waals surface area contributed by atoms with E-state index in [2.05, 4.69) is 4.98 Å². The first-order valence-corrected chi connectivity index (χ1v) is 5.58. The van der Waals surface area contributed by atoms with Gasteiger partial charge in [0.2, 0.25) is 0 Å². The van der Waals surface area contributed by atoms with Gasteiger partial charge in [0.05, 0.1) is 28.1 Å². The molecular weight excluding hydrogens is 232 g/mol. The van der Waals surface area contributed by atoms with E-state index < -0.39 is 6.43 Å². The van der Waals surface area contributed by atoms with E-state index in [1.54, 1.807) is 18.6 Å². The summed E-state index contributed by atoms with van der Waals surface area (Å²) in [6.45, 7) is -0.333. The largest absolute Gasteiger partial charge is 0.395 e. The Bertz CT molecular complexity index is 498. The van der Waals surface area contributed by atoms with Crippen molar-refractivity contribution in [3.8, 4) is 0 Å². The Labute approximate surface area is 95.5 Å². The number of aromatic nitrogens is 1.